The van der Waals surface area contributed by atoms with Crippen molar-refractivity contribution in [2.75, 3.05) is 20.7 Å². The molecule has 0 radical (unpaired) electrons. The molecule has 1 amide bonds. The van der Waals surface area contributed by atoms with Crippen LogP contribution in [0.25, 0.3) is 11.8 Å². The lowest BCUT2D eigenvalue weighted by molar-refractivity contribution is -0.106. The first-order valence-electron chi connectivity index (χ1n) is 8.83. The minimum Gasteiger partial charge on any atom is -0.504 e. The van der Waals surface area contributed by atoms with Gasteiger partial charge in [0, 0.05) is 49.1 Å². The number of benzene rings is 1. The number of aldehydes is 1. The molecule has 1 aromatic heterocycles. The summed E-state index contributed by atoms with van der Waals surface area (Å²) in [5.74, 6) is -0.672. The van der Waals surface area contributed by atoms with Crippen molar-refractivity contribution in [3.63, 3.8) is 0 Å². The fraction of sp³-hybridized carbons (Fsp3) is 0.286. The van der Waals surface area contributed by atoms with Gasteiger partial charge in [0.15, 0.2) is 17.8 Å². The van der Waals surface area contributed by atoms with E-state index in [9.17, 15) is 15.0 Å². The highest BCUT2D eigenvalue weighted by Crippen LogP contribution is 2.30. The van der Waals surface area contributed by atoms with E-state index >= 15 is 0 Å². The average molecular weight is 451 g/mol. The van der Waals surface area contributed by atoms with Crippen LogP contribution in [0.5, 0.6) is 11.5 Å². The number of nitrogens with zero attached hydrogens (tertiary/aromatic N) is 1. The second kappa shape index (κ2) is 13.2. The molecule has 1 aromatic carbocycles. The van der Waals surface area contributed by atoms with Crippen LogP contribution in [-0.2, 0) is 17.8 Å². The number of phenolic OH excluding ortho intramolecular Hbond substituents is 2. The van der Waals surface area contributed by atoms with Crippen molar-refractivity contribution >= 4 is 36.7 Å². The number of H-pyrrole nitrogens is 1. The van der Waals surface area contributed by atoms with E-state index in [1.165, 1.54) is 12.1 Å². The lowest BCUT2D eigenvalue weighted by Crippen LogP contribution is -2.27. The third-order valence-electron chi connectivity index (χ3n) is 4.33. The molecule has 2 heterocycles. The summed E-state index contributed by atoms with van der Waals surface area (Å²) < 4.78 is 0.535. The van der Waals surface area contributed by atoms with E-state index in [-0.39, 0.29) is 30.9 Å². The van der Waals surface area contributed by atoms with Crippen LogP contribution >= 0.6 is 12.2 Å². The Bertz CT molecular complexity index is 988. The highest BCUT2D eigenvalue weighted by molar-refractivity contribution is 7.71. The van der Waals surface area contributed by atoms with Gasteiger partial charge in [-0.1, -0.05) is 19.6 Å². The van der Waals surface area contributed by atoms with Crippen molar-refractivity contribution in [3.8, 4) is 11.5 Å². The summed E-state index contributed by atoms with van der Waals surface area (Å²) in [5.41, 5.74) is 14.3. The molecule has 0 aliphatic carbocycles. The molecule has 1 aliphatic heterocycles. The quantitative estimate of drug-likeness (QED) is 0.234. The number of likely N-dealkylation sites (N-methyl/N-ethyl adjacent to an activating group) is 1. The van der Waals surface area contributed by atoms with Crippen molar-refractivity contribution in [2.24, 2.45) is 11.5 Å². The highest BCUT2D eigenvalue weighted by atomic mass is 32.1. The Labute approximate surface area is 186 Å². The topological polar surface area (TPSA) is 166 Å². The van der Waals surface area contributed by atoms with E-state index in [0.717, 1.165) is 37.9 Å². The number of aromatic hydroxyl groups is 2. The maximum atomic E-state index is 11.2. The molecule has 0 spiro atoms. The number of aromatic nitrogens is 1. The van der Waals surface area contributed by atoms with Crippen molar-refractivity contribution < 1.29 is 24.9 Å². The van der Waals surface area contributed by atoms with E-state index in [4.69, 9.17) is 27.9 Å². The number of rotatable bonds is 3. The fourth-order valence-electron chi connectivity index (χ4n) is 2.94. The van der Waals surface area contributed by atoms with Crippen LogP contribution in [-0.4, -0.2) is 58.6 Å². The molecule has 9 nitrogen and oxygen atoms in total. The van der Waals surface area contributed by atoms with E-state index in [2.05, 4.69) is 22.7 Å². The number of aliphatic hydroxyl groups is 1. The van der Waals surface area contributed by atoms with E-state index in [1.54, 1.807) is 6.08 Å². The summed E-state index contributed by atoms with van der Waals surface area (Å²) in [5, 5.41) is 26.2. The lowest BCUT2D eigenvalue weighted by Gasteiger charge is -2.25. The summed E-state index contributed by atoms with van der Waals surface area (Å²) in [6.45, 7) is 1.78. The number of carbonyl (C=O) groups excluding carboxylic acids is 2. The van der Waals surface area contributed by atoms with Gasteiger partial charge in [-0.2, -0.15) is 0 Å². The maximum absolute atomic E-state index is 11.2. The SMILES string of the molecule is C.CN1CCc2[nH]c(=S)c(/C(N)=C/c3cc(O)c(O)cc3C=O)cc2C1.CO.NC=O. The van der Waals surface area contributed by atoms with Crippen LogP contribution < -0.4 is 11.5 Å². The summed E-state index contributed by atoms with van der Waals surface area (Å²) in [6, 6.07) is 4.46. The van der Waals surface area contributed by atoms with Gasteiger partial charge in [-0.25, -0.2) is 0 Å². The van der Waals surface area contributed by atoms with Gasteiger partial charge in [0.2, 0.25) is 6.41 Å². The molecule has 0 fully saturated rings. The number of aliphatic hydroxyl groups excluding tert-OH is 1. The predicted octanol–water partition coefficient (Wildman–Crippen LogP) is 1.76. The number of phenols is 2. The fourth-order valence-corrected chi connectivity index (χ4v) is 3.24. The maximum Gasteiger partial charge on any atom is 0.204 e. The van der Waals surface area contributed by atoms with Gasteiger partial charge in [0.05, 0.1) is 0 Å². The minimum atomic E-state index is -0.355. The number of amides is 1. The van der Waals surface area contributed by atoms with Gasteiger partial charge >= 0.3 is 0 Å². The van der Waals surface area contributed by atoms with Gasteiger partial charge in [0.1, 0.15) is 4.64 Å². The molecule has 0 atom stereocenters. The molecule has 1 aliphatic rings. The van der Waals surface area contributed by atoms with Gasteiger partial charge in [-0.15, -0.1) is 0 Å². The van der Waals surface area contributed by atoms with Crippen molar-refractivity contribution in [1.82, 2.24) is 9.88 Å². The smallest absolute Gasteiger partial charge is 0.204 e. The first-order valence-corrected chi connectivity index (χ1v) is 9.24. The Hall–Kier alpha value is -3.21. The van der Waals surface area contributed by atoms with Crippen LogP contribution in [0.15, 0.2) is 18.2 Å². The average Bonchev–Trinajstić information content (AvgIpc) is 2.72. The van der Waals surface area contributed by atoms with Crippen LogP contribution in [0.2, 0.25) is 0 Å². The van der Waals surface area contributed by atoms with Crippen LogP contribution in [0.1, 0.15) is 40.2 Å². The monoisotopic (exact) mass is 450 g/mol. The number of primary amides is 1. The Kier molecular flexibility index (Phi) is 11.8. The van der Waals surface area contributed by atoms with Crippen LogP contribution in [0.3, 0.4) is 0 Å². The standard InChI is InChI=1S/C18H19N3O3S.CH3NO.CH4O.CH4/c1-21-3-2-15-11(8-21)4-13(18(25)20-15)14(19)5-10-6-16(23)17(24)7-12(10)9-22;2-1-3;1-2;/h4-7,9,23-24H,2-3,8,19H2,1H3,(H,20,25);1H,(H2,2,3);2H,1H3;1H4/b14-5-;;;. The molecule has 10 heteroatoms. The Morgan fingerprint density at radius 1 is 1.16 bits per heavy atom. The zero-order valence-electron chi connectivity index (χ0n) is 16.8. The molecular weight excluding hydrogens is 420 g/mol. The summed E-state index contributed by atoms with van der Waals surface area (Å²) >= 11 is 5.42. The Balaban J connectivity index is 0.00000138. The minimum absolute atomic E-state index is 0. The molecule has 0 unspecified atom stereocenters. The number of hydrogen-bond acceptors (Lipinski definition) is 8. The summed E-state index contributed by atoms with van der Waals surface area (Å²) in [6.07, 6.45) is 3.32. The third-order valence-corrected chi connectivity index (χ3v) is 4.65. The molecule has 0 saturated carbocycles. The molecule has 170 valence electrons. The lowest BCUT2D eigenvalue weighted by atomic mass is 10.0. The van der Waals surface area contributed by atoms with Crippen molar-refractivity contribution in [1.29, 1.82) is 0 Å². The number of hydrogen-bond donors (Lipinski definition) is 6. The molecule has 2 aromatic rings. The Morgan fingerprint density at radius 3 is 2.26 bits per heavy atom. The van der Waals surface area contributed by atoms with Crippen LogP contribution in [0, 0.1) is 4.64 Å². The first-order chi connectivity index (χ1) is 14.3. The number of nitrogens with one attached hydrogen (secondary N) is 1. The zero-order valence-corrected chi connectivity index (χ0v) is 17.6. The zero-order chi connectivity index (χ0) is 22.8. The van der Waals surface area contributed by atoms with Gasteiger partial charge < -0.3 is 36.7 Å². The second-order valence-corrected chi connectivity index (χ2v) is 6.74. The number of carbonyl (C=O) groups is 2. The third kappa shape index (κ3) is 7.21. The summed E-state index contributed by atoms with van der Waals surface area (Å²) in [4.78, 5) is 25.2. The van der Waals surface area contributed by atoms with Crippen molar-refractivity contribution in [3.05, 3.63) is 50.8 Å². The van der Waals surface area contributed by atoms with Crippen LogP contribution in [0.4, 0.5) is 0 Å². The number of fused-ring (bicyclic) bond motifs is 1. The highest BCUT2D eigenvalue weighted by Gasteiger charge is 2.16. The molecule has 0 saturated heterocycles. The van der Waals surface area contributed by atoms with E-state index < -0.39 is 0 Å². The predicted molar refractivity (Wildman–Crippen MR) is 124 cm³/mol. The second-order valence-electron chi connectivity index (χ2n) is 6.33. The Morgan fingerprint density at radius 2 is 1.71 bits per heavy atom. The normalized spacial score (nSPS) is 12.7. The van der Waals surface area contributed by atoms with Gasteiger partial charge in [-0.3, -0.25) is 9.59 Å². The largest absolute Gasteiger partial charge is 0.504 e. The molecule has 31 heavy (non-hydrogen) atoms. The first kappa shape index (κ1) is 27.8. The van der Waals surface area contributed by atoms with Gasteiger partial charge in [0.25, 0.3) is 0 Å². The number of nitrogens with two attached hydrogens (primary N) is 2. The molecule has 8 N–H and O–H groups in total. The van der Waals surface area contributed by atoms with Gasteiger partial charge in [-0.05, 0) is 42.4 Å². The molecule has 3 rings (SSSR count). The van der Waals surface area contributed by atoms with Crippen molar-refractivity contribution in [2.45, 2.75) is 20.4 Å². The molecule has 0 bridgehead atoms. The number of aromatic amines is 1. The molecular formula is C21H30N4O5S. The summed E-state index contributed by atoms with van der Waals surface area (Å²) in [7, 11) is 3.05. The number of pyridine rings is 1. The van der Waals surface area contributed by atoms with E-state index in [1.807, 2.05) is 6.07 Å². The van der Waals surface area contributed by atoms with E-state index in [0.29, 0.717) is 27.8 Å².